The van der Waals surface area contributed by atoms with Crippen molar-refractivity contribution in [2.24, 2.45) is 5.92 Å². The molecule has 184 valence electrons. The molecule has 1 atom stereocenters. The first-order chi connectivity index (χ1) is 17.6. The first-order valence-electron chi connectivity index (χ1n) is 11.9. The molecule has 5 rings (SSSR count). The maximum Gasteiger partial charge on any atom is 0.270 e. The quantitative estimate of drug-likeness (QED) is 0.355. The zero-order valence-corrected chi connectivity index (χ0v) is 20.9. The molecule has 8 nitrogen and oxygen atoms in total. The first-order valence-corrected chi connectivity index (χ1v) is 12.8. The van der Waals surface area contributed by atoms with Gasteiger partial charge in [-0.3, -0.25) is 4.79 Å². The number of thiophene rings is 1. The average molecular weight is 502 g/mol. The zero-order chi connectivity index (χ0) is 24.9. The van der Waals surface area contributed by atoms with Gasteiger partial charge in [0.25, 0.3) is 5.91 Å². The Hall–Kier alpha value is -3.98. The maximum atomic E-state index is 13.8. The molecule has 1 aliphatic rings. The Labute approximate surface area is 213 Å². The number of amides is 1. The van der Waals surface area contributed by atoms with Crippen molar-refractivity contribution in [2.45, 2.75) is 26.3 Å². The van der Waals surface area contributed by atoms with Crippen LogP contribution in [0.5, 0.6) is 11.5 Å². The second-order valence-corrected chi connectivity index (χ2v) is 9.76. The fourth-order valence-corrected chi connectivity index (χ4v) is 4.72. The lowest BCUT2D eigenvalue weighted by Crippen LogP contribution is -2.34. The second kappa shape index (κ2) is 10.7. The van der Waals surface area contributed by atoms with Crippen LogP contribution in [0, 0.1) is 5.92 Å². The van der Waals surface area contributed by atoms with Gasteiger partial charge in [-0.15, -0.1) is 16.4 Å². The van der Waals surface area contributed by atoms with Gasteiger partial charge >= 0.3 is 0 Å². The summed E-state index contributed by atoms with van der Waals surface area (Å²) in [4.78, 5) is 14.8. The monoisotopic (exact) mass is 501 g/mol. The summed E-state index contributed by atoms with van der Waals surface area (Å²) in [6.45, 7) is 5.37. The Morgan fingerprint density at radius 2 is 1.86 bits per heavy atom. The molecule has 0 saturated heterocycles. The smallest absolute Gasteiger partial charge is 0.270 e. The van der Waals surface area contributed by atoms with Gasteiger partial charge in [-0.25, -0.2) is 0 Å². The lowest BCUT2D eigenvalue weighted by atomic mass is 9.95. The summed E-state index contributed by atoms with van der Waals surface area (Å²) in [6, 6.07) is 19.1. The zero-order valence-electron chi connectivity index (χ0n) is 20.1. The highest BCUT2D eigenvalue weighted by molar-refractivity contribution is 7.10. The minimum Gasteiger partial charge on any atom is -0.490 e. The van der Waals surface area contributed by atoms with Crippen LogP contribution in [0.15, 0.2) is 66.0 Å². The SMILES string of the molecule is CC(C)C(NC(=O)/C(=C/c1cccs1)n1nnnc1-c1ccccc1)c1ccc2c(c1)OCCCO2. The Kier molecular flexibility index (Phi) is 7.08. The highest BCUT2D eigenvalue weighted by Crippen LogP contribution is 2.34. The van der Waals surface area contributed by atoms with Gasteiger partial charge < -0.3 is 14.8 Å². The summed E-state index contributed by atoms with van der Waals surface area (Å²) in [5.41, 5.74) is 2.09. The number of hydrogen-bond acceptors (Lipinski definition) is 7. The minimum atomic E-state index is -0.279. The molecule has 0 fully saturated rings. The second-order valence-electron chi connectivity index (χ2n) is 8.78. The number of carbonyl (C=O) groups is 1. The largest absolute Gasteiger partial charge is 0.490 e. The molecule has 1 N–H and O–H groups in total. The third kappa shape index (κ3) is 5.16. The summed E-state index contributed by atoms with van der Waals surface area (Å²) < 4.78 is 13.2. The van der Waals surface area contributed by atoms with E-state index in [-0.39, 0.29) is 17.9 Å². The number of nitrogens with zero attached hydrogens (tertiary/aromatic N) is 4. The lowest BCUT2D eigenvalue weighted by molar-refractivity contribution is -0.117. The van der Waals surface area contributed by atoms with Crippen LogP contribution in [0.2, 0.25) is 0 Å². The van der Waals surface area contributed by atoms with Crippen LogP contribution >= 0.6 is 11.3 Å². The van der Waals surface area contributed by atoms with E-state index in [0.29, 0.717) is 30.5 Å². The maximum absolute atomic E-state index is 13.8. The number of benzene rings is 2. The molecule has 36 heavy (non-hydrogen) atoms. The highest BCUT2D eigenvalue weighted by Gasteiger charge is 2.25. The van der Waals surface area contributed by atoms with E-state index in [1.807, 2.05) is 72.1 Å². The van der Waals surface area contributed by atoms with Crippen LogP contribution in [-0.4, -0.2) is 39.3 Å². The molecular formula is C27H27N5O3S. The minimum absolute atomic E-state index is 0.115. The van der Waals surface area contributed by atoms with Gasteiger partial charge in [-0.1, -0.05) is 56.3 Å². The molecule has 0 spiro atoms. The predicted octanol–water partition coefficient (Wildman–Crippen LogP) is 5.07. The van der Waals surface area contributed by atoms with Gasteiger partial charge in [0.15, 0.2) is 17.3 Å². The summed E-state index contributed by atoms with van der Waals surface area (Å²) in [6.07, 6.45) is 2.65. The molecule has 4 aromatic rings. The number of nitrogens with one attached hydrogen (secondary N) is 1. The summed E-state index contributed by atoms with van der Waals surface area (Å²) >= 11 is 1.54. The number of hydrogen-bond donors (Lipinski definition) is 1. The molecule has 2 aromatic heterocycles. The van der Waals surface area contributed by atoms with E-state index >= 15 is 0 Å². The molecule has 1 aliphatic heterocycles. The van der Waals surface area contributed by atoms with Crippen molar-refractivity contribution in [1.29, 1.82) is 0 Å². The fourth-order valence-electron chi connectivity index (χ4n) is 4.07. The van der Waals surface area contributed by atoms with Crippen molar-refractivity contribution in [3.63, 3.8) is 0 Å². The van der Waals surface area contributed by atoms with E-state index in [0.717, 1.165) is 28.2 Å². The number of tetrazole rings is 1. The van der Waals surface area contributed by atoms with Crippen molar-refractivity contribution in [1.82, 2.24) is 25.5 Å². The Morgan fingerprint density at radius 3 is 2.61 bits per heavy atom. The van der Waals surface area contributed by atoms with E-state index in [1.165, 1.54) is 16.0 Å². The van der Waals surface area contributed by atoms with E-state index in [4.69, 9.17) is 9.47 Å². The Morgan fingerprint density at radius 1 is 1.06 bits per heavy atom. The lowest BCUT2D eigenvalue weighted by Gasteiger charge is -2.24. The van der Waals surface area contributed by atoms with Crippen LogP contribution in [0.3, 0.4) is 0 Å². The molecule has 3 heterocycles. The average Bonchev–Trinajstić information content (AvgIpc) is 3.53. The van der Waals surface area contributed by atoms with Crippen molar-refractivity contribution in [3.05, 3.63) is 76.5 Å². The van der Waals surface area contributed by atoms with Crippen LogP contribution in [0.1, 0.15) is 36.8 Å². The van der Waals surface area contributed by atoms with Crippen molar-refractivity contribution >= 4 is 29.0 Å². The van der Waals surface area contributed by atoms with Gasteiger partial charge in [0.2, 0.25) is 0 Å². The first kappa shape index (κ1) is 23.7. The van der Waals surface area contributed by atoms with Crippen LogP contribution in [-0.2, 0) is 4.79 Å². The number of aromatic nitrogens is 4. The topological polar surface area (TPSA) is 91.2 Å². The summed E-state index contributed by atoms with van der Waals surface area (Å²) in [7, 11) is 0. The van der Waals surface area contributed by atoms with Gasteiger partial charge in [0.1, 0.15) is 5.70 Å². The predicted molar refractivity (Wildman–Crippen MR) is 140 cm³/mol. The molecule has 0 bridgehead atoms. The van der Waals surface area contributed by atoms with E-state index < -0.39 is 0 Å². The summed E-state index contributed by atoms with van der Waals surface area (Å²) in [5, 5.41) is 17.4. The normalized spacial score (nSPS) is 14.4. The molecule has 1 amide bonds. The molecular weight excluding hydrogens is 474 g/mol. The summed E-state index contributed by atoms with van der Waals surface area (Å²) in [5.74, 6) is 1.75. The third-order valence-corrected chi connectivity index (χ3v) is 6.69. The number of ether oxygens (including phenoxy) is 2. The third-order valence-electron chi connectivity index (χ3n) is 5.87. The fraction of sp³-hybridized carbons (Fsp3) is 0.259. The molecule has 0 saturated carbocycles. The van der Waals surface area contributed by atoms with Crippen LogP contribution in [0.25, 0.3) is 23.2 Å². The Balaban J connectivity index is 1.50. The van der Waals surface area contributed by atoms with Crippen LogP contribution in [0.4, 0.5) is 0 Å². The van der Waals surface area contributed by atoms with Crippen LogP contribution < -0.4 is 14.8 Å². The van der Waals surface area contributed by atoms with E-state index in [1.54, 1.807) is 0 Å². The molecule has 2 aromatic carbocycles. The highest BCUT2D eigenvalue weighted by atomic mass is 32.1. The van der Waals surface area contributed by atoms with Crippen molar-refractivity contribution in [3.8, 4) is 22.9 Å². The van der Waals surface area contributed by atoms with Gasteiger partial charge in [0, 0.05) is 16.9 Å². The van der Waals surface area contributed by atoms with E-state index in [9.17, 15) is 4.79 Å². The molecule has 0 radical (unpaired) electrons. The van der Waals surface area contributed by atoms with Gasteiger partial charge in [-0.2, -0.15) is 4.68 Å². The van der Waals surface area contributed by atoms with Crippen molar-refractivity contribution in [2.75, 3.05) is 13.2 Å². The van der Waals surface area contributed by atoms with Gasteiger partial charge in [-0.05, 0) is 51.6 Å². The number of carbonyl (C=O) groups excluding carboxylic acids is 1. The number of rotatable bonds is 7. The molecule has 0 aliphatic carbocycles. The Bertz CT molecular complexity index is 1350. The van der Waals surface area contributed by atoms with Gasteiger partial charge in [0.05, 0.1) is 19.3 Å². The number of fused-ring (bicyclic) bond motifs is 1. The van der Waals surface area contributed by atoms with Crippen molar-refractivity contribution < 1.29 is 14.3 Å². The molecule has 9 heteroatoms. The standard InChI is InChI=1S/C27H27N5O3S/c1-18(2)25(20-11-12-23-24(16-20)35-14-7-13-34-23)28-27(33)22(17-21-10-6-15-36-21)32-26(29-30-31-32)19-8-4-3-5-9-19/h3-6,8-12,15-18,25H,7,13-14H2,1-2H3,(H,28,33)/b22-17-. The van der Waals surface area contributed by atoms with E-state index in [2.05, 4.69) is 34.7 Å². The molecule has 1 unspecified atom stereocenters.